The molecular formula is C25H24N4O2S. The van der Waals surface area contributed by atoms with Gasteiger partial charge in [-0.2, -0.15) is 15.0 Å². The molecule has 2 aromatic heterocycles. The molecule has 1 aliphatic rings. The number of benzene rings is 2. The summed E-state index contributed by atoms with van der Waals surface area (Å²) in [5, 5.41) is 10.6. The Balaban J connectivity index is 1.43. The van der Waals surface area contributed by atoms with Crippen molar-refractivity contribution in [3.63, 3.8) is 0 Å². The molecule has 1 amide bonds. The Hall–Kier alpha value is -3.29. The van der Waals surface area contributed by atoms with Crippen LogP contribution in [0.2, 0.25) is 0 Å². The summed E-state index contributed by atoms with van der Waals surface area (Å²) in [6.45, 7) is 3.62. The van der Waals surface area contributed by atoms with Gasteiger partial charge in [0.2, 0.25) is 0 Å². The zero-order valence-corrected chi connectivity index (χ0v) is 18.7. The lowest BCUT2D eigenvalue weighted by atomic mass is 10.00. The van der Waals surface area contributed by atoms with E-state index in [4.69, 9.17) is 4.74 Å². The van der Waals surface area contributed by atoms with E-state index in [-0.39, 0.29) is 11.9 Å². The maximum atomic E-state index is 13.7. The second-order valence-corrected chi connectivity index (χ2v) is 8.90. The average molecular weight is 445 g/mol. The minimum atomic E-state index is -0.0335. The molecule has 0 bridgehead atoms. The first-order chi connectivity index (χ1) is 15.7. The molecule has 1 fully saturated rings. The number of hydrogen-bond acceptors (Lipinski definition) is 5. The van der Waals surface area contributed by atoms with Gasteiger partial charge in [0, 0.05) is 11.4 Å². The maximum Gasteiger partial charge on any atom is 0.256 e. The van der Waals surface area contributed by atoms with Gasteiger partial charge >= 0.3 is 0 Å². The predicted molar refractivity (Wildman–Crippen MR) is 125 cm³/mol. The van der Waals surface area contributed by atoms with Crippen molar-refractivity contribution in [2.45, 2.75) is 19.4 Å². The molecule has 7 heteroatoms. The molecule has 1 saturated heterocycles. The fourth-order valence-corrected chi connectivity index (χ4v) is 4.87. The zero-order chi connectivity index (χ0) is 21.9. The van der Waals surface area contributed by atoms with E-state index in [1.807, 2.05) is 30.0 Å². The predicted octanol–water partition coefficient (Wildman–Crippen LogP) is 4.39. The number of hydrogen-bond donors (Lipinski definition) is 0. The van der Waals surface area contributed by atoms with Crippen molar-refractivity contribution in [1.29, 1.82) is 0 Å². The zero-order valence-electron chi connectivity index (χ0n) is 17.8. The van der Waals surface area contributed by atoms with E-state index in [9.17, 15) is 4.79 Å². The summed E-state index contributed by atoms with van der Waals surface area (Å²) in [5.74, 6) is -0.0105. The minimum Gasteiger partial charge on any atom is -0.377 e. The van der Waals surface area contributed by atoms with Gasteiger partial charge in [0.25, 0.3) is 5.91 Å². The molecule has 0 spiro atoms. The summed E-state index contributed by atoms with van der Waals surface area (Å²) in [6.07, 6.45) is 3.98. The van der Waals surface area contributed by atoms with Crippen LogP contribution in [0.1, 0.15) is 21.5 Å². The Kier molecular flexibility index (Phi) is 5.83. The van der Waals surface area contributed by atoms with Crippen molar-refractivity contribution >= 4 is 17.2 Å². The Morgan fingerprint density at radius 1 is 1.12 bits per heavy atom. The molecule has 1 atom stereocenters. The van der Waals surface area contributed by atoms with Gasteiger partial charge in [0.1, 0.15) is 0 Å². The summed E-state index contributed by atoms with van der Waals surface area (Å²) in [5.41, 5.74) is 4.73. The van der Waals surface area contributed by atoms with Crippen molar-refractivity contribution in [3.8, 4) is 16.1 Å². The van der Waals surface area contributed by atoms with Gasteiger partial charge in [-0.3, -0.25) is 4.79 Å². The fourth-order valence-electron chi connectivity index (χ4n) is 4.15. The fraction of sp³-hybridized carbons (Fsp3) is 0.240. The first-order valence-electron chi connectivity index (χ1n) is 10.7. The van der Waals surface area contributed by atoms with Gasteiger partial charge in [0.15, 0.2) is 0 Å². The van der Waals surface area contributed by atoms with Crippen molar-refractivity contribution in [1.82, 2.24) is 19.9 Å². The molecule has 162 valence electrons. The topological polar surface area (TPSA) is 60.2 Å². The Morgan fingerprint density at radius 2 is 2.00 bits per heavy atom. The van der Waals surface area contributed by atoms with Crippen LogP contribution in [0.3, 0.4) is 0 Å². The number of aromatic nitrogens is 3. The number of ether oxygens (including phenoxy) is 1. The number of amides is 1. The van der Waals surface area contributed by atoms with E-state index < -0.39 is 0 Å². The molecule has 2 aromatic carbocycles. The molecule has 0 unspecified atom stereocenters. The van der Waals surface area contributed by atoms with Crippen LogP contribution < -0.4 is 0 Å². The third kappa shape index (κ3) is 4.22. The third-order valence-electron chi connectivity index (χ3n) is 5.71. The monoisotopic (exact) mass is 444 g/mol. The third-order valence-corrected chi connectivity index (χ3v) is 6.63. The highest BCUT2D eigenvalue weighted by atomic mass is 32.1. The molecule has 3 heterocycles. The van der Waals surface area contributed by atoms with Gasteiger partial charge in [-0.25, -0.2) is 0 Å². The molecule has 0 N–H and O–H groups in total. The average Bonchev–Trinajstić information content (AvgIpc) is 3.54. The second-order valence-electron chi connectivity index (χ2n) is 7.95. The van der Waals surface area contributed by atoms with Crippen LogP contribution >= 0.6 is 11.3 Å². The van der Waals surface area contributed by atoms with Crippen molar-refractivity contribution < 1.29 is 9.53 Å². The lowest BCUT2D eigenvalue weighted by molar-refractivity contribution is -0.00165. The van der Waals surface area contributed by atoms with Crippen LogP contribution in [-0.2, 0) is 11.2 Å². The van der Waals surface area contributed by atoms with E-state index in [0.717, 1.165) is 12.0 Å². The van der Waals surface area contributed by atoms with Crippen molar-refractivity contribution in [3.05, 3.63) is 89.1 Å². The Labute approximate surface area is 191 Å². The van der Waals surface area contributed by atoms with E-state index in [0.29, 0.717) is 31.0 Å². The van der Waals surface area contributed by atoms with Crippen LogP contribution in [0.15, 0.2) is 72.4 Å². The SMILES string of the molecule is Cc1ccc(-n2nccn2)c(C(=O)N2CCOC[C@H]2Cc2cccc(-c3cccs3)c2)c1. The van der Waals surface area contributed by atoms with Crippen LogP contribution in [0, 0.1) is 6.92 Å². The number of morpholine rings is 1. The second kappa shape index (κ2) is 9.06. The molecular weight excluding hydrogens is 420 g/mol. The molecule has 0 radical (unpaired) electrons. The molecule has 32 heavy (non-hydrogen) atoms. The van der Waals surface area contributed by atoms with E-state index in [1.165, 1.54) is 20.8 Å². The molecule has 0 aliphatic carbocycles. The first-order valence-corrected chi connectivity index (χ1v) is 11.6. The number of rotatable bonds is 5. The van der Waals surface area contributed by atoms with Gasteiger partial charge in [0.05, 0.1) is 42.9 Å². The van der Waals surface area contributed by atoms with Gasteiger partial charge in [-0.15, -0.1) is 11.3 Å². The Morgan fingerprint density at radius 3 is 2.81 bits per heavy atom. The van der Waals surface area contributed by atoms with Crippen LogP contribution in [0.25, 0.3) is 16.1 Å². The summed E-state index contributed by atoms with van der Waals surface area (Å²) < 4.78 is 5.78. The first kappa shape index (κ1) is 20.6. The highest BCUT2D eigenvalue weighted by Gasteiger charge is 2.30. The van der Waals surface area contributed by atoms with Crippen LogP contribution in [-0.4, -0.2) is 51.6 Å². The minimum absolute atomic E-state index is 0.0105. The molecule has 6 nitrogen and oxygen atoms in total. The van der Waals surface area contributed by atoms with E-state index in [2.05, 4.69) is 52.0 Å². The maximum absolute atomic E-state index is 13.7. The molecule has 5 rings (SSSR count). The van der Waals surface area contributed by atoms with Crippen LogP contribution in [0.5, 0.6) is 0 Å². The largest absolute Gasteiger partial charge is 0.377 e. The van der Waals surface area contributed by atoms with E-state index >= 15 is 0 Å². The Bertz CT molecular complexity index is 1200. The highest BCUT2D eigenvalue weighted by molar-refractivity contribution is 7.13. The summed E-state index contributed by atoms with van der Waals surface area (Å²) in [4.78, 5) is 18.4. The highest BCUT2D eigenvalue weighted by Crippen LogP contribution is 2.27. The summed E-state index contributed by atoms with van der Waals surface area (Å²) >= 11 is 1.73. The normalized spacial score (nSPS) is 16.3. The number of carbonyl (C=O) groups is 1. The standard InChI is InChI=1S/C25H24N4O2S/c1-18-7-8-23(29-26-9-10-27-29)22(14-18)25(30)28-11-12-31-17-21(28)16-19-4-2-5-20(15-19)24-6-3-13-32-24/h2-10,13-15,21H,11-12,16-17H2,1H3/t21-/m1/s1. The quantitative estimate of drug-likeness (QED) is 0.458. The van der Waals surface area contributed by atoms with Gasteiger partial charge in [-0.05, 0) is 48.1 Å². The summed E-state index contributed by atoms with van der Waals surface area (Å²) in [7, 11) is 0. The van der Waals surface area contributed by atoms with Crippen molar-refractivity contribution in [2.75, 3.05) is 19.8 Å². The summed E-state index contributed by atoms with van der Waals surface area (Å²) in [6, 6.07) is 18.5. The van der Waals surface area contributed by atoms with Crippen LogP contribution in [0.4, 0.5) is 0 Å². The molecule has 0 saturated carbocycles. The molecule has 4 aromatic rings. The van der Waals surface area contributed by atoms with Crippen molar-refractivity contribution in [2.24, 2.45) is 0 Å². The van der Waals surface area contributed by atoms with E-state index in [1.54, 1.807) is 23.7 Å². The number of nitrogens with zero attached hydrogens (tertiary/aromatic N) is 4. The van der Waals surface area contributed by atoms with Gasteiger partial charge < -0.3 is 9.64 Å². The smallest absolute Gasteiger partial charge is 0.256 e. The number of thiophene rings is 1. The van der Waals surface area contributed by atoms with Gasteiger partial charge in [-0.1, -0.05) is 42.0 Å². The lowest BCUT2D eigenvalue weighted by Gasteiger charge is -2.36. The lowest BCUT2D eigenvalue weighted by Crippen LogP contribution is -2.50. The molecule has 1 aliphatic heterocycles. The number of carbonyl (C=O) groups excluding carboxylic acids is 1. The number of aryl methyl sites for hydroxylation is 1.